The zero-order valence-electron chi connectivity index (χ0n) is 14.8. The summed E-state index contributed by atoms with van der Waals surface area (Å²) in [4.78, 5) is 26.2. The number of aromatic nitrogens is 2. The standard InChI is InChI=1S/C19H23N5O2/c1-3-18(25)24-11-6-7-14(13-24)19(26)21-16-9-5-4-8-15(16)20-17-10-12-23(2)22-17/h3-5,8-10,12,14H,1,6-7,11,13H2,2H3,(H,20,22)(H,21,26). The SMILES string of the molecule is C=CC(=O)N1CCCC(C(=O)Nc2ccccc2Nc2ccn(C)n2)C1. The smallest absolute Gasteiger partial charge is 0.245 e. The summed E-state index contributed by atoms with van der Waals surface area (Å²) in [6, 6.07) is 9.36. The van der Waals surface area contributed by atoms with Gasteiger partial charge in [0.2, 0.25) is 11.8 Å². The molecule has 1 aromatic heterocycles. The summed E-state index contributed by atoms with van der Waals surface area (Å²) in [5, 5.41) is 10.5. The first-order valence-electron chi connectivity index (χ1n) is 8.64. The van der Waals surface area contributed by atoms with Crippen molar-refractivity contribution in [3.8, 4) is 0 Å². The van der Waals surface area contributed by atoms with Crippen LogP contribution in [-0.4, -0.2) is 39.6 Å². The van der Waals surface area contributed by atoms with E-state index in [0.717, 1.165) is 18.5 Å². The topological polar surface area (TPSA) is 79.3 Å². The third-order valence-electron chi connectivity index (χ3n) is 4.44. The number of amides is 2. The number of aryl methyl sites for hydroxylation is 1. The largest absolute Gasteiger partial charge is 0.338 e. The molecule has 1 atom stereocenters. The van der Waals surface area contributed by atoms with Gasteiger partial charge in [-0.25, -0.2) is 0 Å². The Kier molecular flexibility index (Phi) is 5.36. The molecule has 0 aliphatic carbocycles. The summed E-state index contributed by atoms with van der Waals surface area (Å²) < 4.78 is 1.71. The molecule has 1 unspecified atom stereocenters. The first kappa shape index (κ1) is 17.7. The van der Waals surface area contributed by atoms with Gasteiger partial charge in [-0.1, -0.05) is 18.7 Å². The number of rotatable bonds is 5. The van der Waals surface area contributed by atoms with E-state index in [0.29, 0.717) is 24.6 Å². The second kappa shape index (κ2) is 7.86. The number of nitrogens with zero attached hydrogens (tertiary/aromatic N) is 3. The Morgan fingerprint density at radius 1 is 1.27 bits per heavy atom. The maximum atomic E-state index is 12.7. The Balaban J connectivity index is 1.69. The fourth-order valence-electron chi connectivity index (χ4n) is 3.08. The highest BCUT2D eigenvalue weighted by Gasteiger charge is 2.27. The van der Waals surface area contributed by atoms with Crippen molar-refractivity contribution in [1.29, 1.82) is 0 Å². The van der Waals surface area contributed by atoms with Gasteiger partial charge in [0.05, 0.1) is 17.3 Å². The molecule has 1 aliphatic rings. The maximum Gasteiger partial charge on any atom is 0.245 e. The van der Waals surface area contributed by atoms with Gasteiger partial charge >= 0.3 is 0 Å². The van der Waals surface area contributed by atoms with Crippen molar-refractivity contribution in [1.82, 2.24) is 14.7 Å². The Morgan fingerprint density at radius 3 is 2.73 bits per heavy atom. The molecule has 7 nitrogen and oxygen atoms in total. The minimum absolute atomic E-state index is 0.0816. The van der Waals surface area contributed by atoms with Crippen LogP contribution in [0.1, 0.15) is 12.8 Å². The molecule has 0 saturated carbocycles. The number of piperidine rings is 1. The van der Waals surface area contributed by atoms with Gasteiger partial charge in [0, 0.05) is 32.4 Å². The lowest BCUT2D eigenvalue weighted by molar-refractivity contribution is -0.130. The molecule has 0 radical (unpaired) electrons. The van der Waals surface area contributed by atoms with Gasteiger partial charge in [-0.05, 0) is 31.1 Å². The van der Waals surface area contributed by atoms with E-state index in [1.165, 1.54) is 6.08 Å². The van der Waals surface area contributed by atoms with Crippen LogP contribution in [0.5, 0.6) is 0 Å². The van der Waals surface area contributed by atoms with Crippen LogP contribution in [0.25, 0.3) is 0 Å². The summed E-state index contributed by atoms with van der Waals surface area (Å²) in [5.41, 5.74) is 1.46. The number of anilines is 3. The van der Waals surface area contributed by atoms with Gasteiger partial charge in [0.1, 0.15) is 0 Å². The highest BCUT2D eigenvalue weighted by atomic mass is 16.2. The quantitative estimate of drug-likeness (QED) is 0.810. The summed E-state index contributed by atoms with van der Waals surface area (Å²) in [5.74, 6) is 0.270. The second-order valence-corrected chi connectivity index (χ2v) is 6.36. The van der Waals surface area contributed by atoms with Gasteiger partial charge < -0.3 is 15.5 Å². The summed E-state index contributed by atoms with van der Waals surface area (Å²) in [7, 11) is 1.85. The molecule has 1 aromatic carbocycles. The van der Waals surface area contributed by atoms with Crippen LogP contribution in [-0.2, 0) is 16.6 Å². The van der Waals surface area contributed by atoms with Crippen LogP contribution < -0.4 is 10.6 Å². The normalized spacial score (nSPS) is 16.8. The van der Waals surface area contributed by atoms with Crippen molar-refractivity contribution in [2.75, 3.05) is 23.7 Å². The predicted molar refractivity (Wildman–Crippen MR) is 101 cm³/mol. The van der Waals surface area contributed by atoms with Gasteiger partial charge in [-0.2, -0.15) is 5.10 Å². The van der Waals surface area contributed by atoms with Crippen molar-refractivity contribution in [2.24, 2.45) is 13.0 Å². The van der Waals surface area contributed by atoms with Crippen LogP contribution in [0.2, 0.25) is 0 Å². The van der Waals surface area contributed by atoms with Gasteiger partial charge in [-0.3, -0.25) is 14.3 Å². The Hall–Kier alpha value is -3.09. The first-order valence-corrected chi connectivity index (χ1v) is 8.64. The van der Waals surface area contributed by atoms with E-state index >= 15 is 0 Å². The van der Waals surface area contributed by atoms with E-state index in [9.17, 15) is 9.59 Å². The average molecular weight is 353 g/mol. The monoisotopic (exact) mass is 353 g/mol. The number of likely N-dealkylation sites (tertiary alicyclic amines) is 1. The Bertz CT molecular complexity index is 814. The lowest BCUT2D eigenvalue weighted by Gasteiger charge is -2.31. The molecule has 0 bridgehead atoms. The number of hydrogen-bond acceptors (Lipinski definition) is 4. The summed E-state index contributed by atoms with van der Waals surface area (Å²) >= 11 is 0. The molecule has 3 rings (SSSR count). The average Bonchev–Trinajstić information content (AvgIpc) is 3.07. The minimum atomic E-state index is -0.226. The van der Waals surface area contributed by atoms with Gasteiger partial charge in [0.25, 0.3) is 0 Å². The number of benzene rings is 1. The highest BCUT2D eigenvalue weighted by molar-refractivity contribution is 5.97. The molecular weight excluding hydrogens is 330 g/mol. The van der Waals surface area contributed by atoms with Crippen LogP contribution in [0.15, 0.2) is 49.2 Å². The zero-order chi connectivity index (χ0) is 18.5. The van der Waals surface area contributed by atoms with Gasteiger partial charge in [-0.15, -0.1) is 0 Å². The molecule has 2 aromatic rings. The molecule has 1 saturated heterocycles. The maximum absolute atomic E-state index is 12.7. The van der Waals surface area contributed by atoms with Crippen LogP contribution in [0.3, 0.4) is 0 Å². The molecule has 26 heavy (non-hydrogen) atoms. The molecular formula is C19H23N5O2. The Morgan fingerprint density at radius 2 is 2.04 bits per heavy atom. The minimum Gasteiger partial charge on any atom is -0.338 e. The van der Waals surface area contributed by atoms with E-state index in [-0.39, 0.29) is 17.7 Å². The van der Waals surface area contributed by atoms with Crippen LogP contribution >= 0.6 is 0 Å². The fourth-order valence-corrected chi connectivity index (χ4v) is 3.08. The van der Waals surface area contributed by atoms with Crippen LogP contribution in [0.4, 0.5) is 17.2 Å². The highest BCUT2D eigenvalue weighted by Crippen LogP contribution is 2.26. The summed E-state index contributed by atoms with van der Waals surface area (Å²) in [6.45, 7) is 4.62. The van der Waals surface area contributed by atoms with Gasteiger partial charge in [0.15, 0.2) is 5.82 Å². The molecule has 2 amide bonds. The molecule has 7 heteroatoms. The third kappa shape index (κ3) is 4.11. The van der Waals surface area contributed by atoms with E-state index in [1.807, 2.05) is 43.6 Å². The molecule has 1 aliphatic heterocycles. The van der Waals surface area contributed by atoms with E-state index in [1.54, 1.807) is 9.58 Å². The first-order chi connectivity index (χ1) is 12.6. The van der Waals surface area contributed by atoms with Crippen molar-refractivity contribution in [3.05, 3.63) is 49.2 Å². The zero-order valence-corrected chi connectivity index (χ0v) is 14.8. The van der Waals surface area contributed by atoms with Crippen molar-refractivity contribution in [3.63, 3.8) is 0 Å². The predicted octanol–water partition coefficient (Wildman–Crippen LogP) is 2.53. The number of hydrogen-bond donors (Lipinski definition) is 2. The van der Waals surface area contributed by atoms with E-state index in [4.69, 9.17) is 0 Å². The van der Waals surface area contributed by atoms with E-state index in [2.05, 4.69) is 22.3 Å². The van der Waals surface area contributed by atoms with Crippen molar-refractivity contribution in [2.45, 2.75) is 12.8 Å². The molecule has 2 N–H and O–H groups in total. The number of nitrogens with one attached hydrogen (secondary N) is 2. The van der Waals surface area contributed by atoms with Crippen molar-refractivity contribution >= 4 is 29.0 Å². The van der Waals surface area contributed by atoms with E-state index < -0.39 is 0 Å². The molecule has 0 spiro atoms. The number of carbonyl (C=O) groups excluding carboxylic acids is 2. The Labute approximate surface area is 152 Å². The van der Waals surface area contributed by atoms with Crippen molar-refractivity contribution < 1.29 is 9.59 Å². The van der Waals surface area contributed by atoms with Crippen LogP contribution in [0, 0.1) is 5.92 Å². The number of para-hydroxylation sites is 2. The summed E-state index contributed by atoms with van der Waals surface area (Å²) in [6.07, 6.45) is 4.72. The third-order valence-corrected chi connectivity index (χ3v) is 4.44. The lowest BCUT2D eigenvalue weighted by Crippen LogP contribution is -2.43. The molecule has 2 heterocycles. The lowest BCUT2D eigenvalue weighted by atomic mass is 9.97. The second-order valence-electron chi connectivity index (χ2n) is 6.36. The molecule has 1 fully saturated rings. The fraction of sp³-hybridized carbons (Fsp3) is 0.316. The molecule has 136 valence electrons. The number of carbonyl (C=O) groups is 2.